The maximum absolute atomic E-state index is 4.93. The van der Waals surface area contributed by atoms with Gasteiger partial charge in [0.15, 0.2) is 0 Å². The first-order valence-electron chi connectivity index (χ1n) is 17.4. The molecule has 0 nitrogen and oxygen atoms in total. The summed E-state index contributed by atoms with van der Waals surface area (Å²) in [5, 5.41) is 0. The van der Waals surface area contributed by atoms with Crippen LogP contribution in [-0.2, 0) is 20.8 Å². The maximum atomic E-state index is 4.93. The van der Waals surface area contributed by atoms with Gasteiger partial charge in [0.2, 0.25) is 0 Å². The van der Waals surface area contributed by atoms with Gasteiger partial charge in [-0.05, 0) is 150 Å². The molecule has 8 atom stereocenters. The van der Waals surface area contributed by atoms with Crippen molar-refractivity contribution in [3.05, 3.63) is 14.9 Å². The van der Waals surface area contributed by atoms with Crippen LogP contribution in [0, 0.1) is 101 Å². The fourth-order valence-corrected chi connectivity index (χ4v) is 13.2. The van der Waals surface area contributed by atoms with E-state index in [9.17, 15) is 0 Å². The molecule has 0 amide bonds. The van der Waals surface area contributed by atoms with Crippen molar-refractivity contribution in [1.29, 1.82) is 0 Å². The van der Waals surface area contributed by atoms with E-state index in [4.69, 9.17) is 17.0 Å². The van der Waals surface area contributed by atoms with Crippen molar-refractivity contribution in [3.8, 4) is 0 Å². The second-order valence-electron chi connectivity index (χ2n) is 19.4. The Hall–Kier alpha value is 1.46. The van der Waals surface area contributed by atoms with Gasteiger partial charge in [-0.25, -0.2) is 0 Å². The van der Waals surface area contributed by atoms with Crippen LogP contribution in [0.3, 0.4) is 0 Å². The van der Waals surface area contributed by atoms with E-state index < -0.39 is 20.8 Å². The molecule has 6 aliphatic carbocycles. The predicted molar refractivity (Wildman–Crippen MR) is 184 cm³/mol. The second kappa shape index (κ2) is 13.2. The van der Waals surface area contributed by atoms with Crippen LogP contribution in [0.15, 0.2) is 0 Å². The van der Waals surface area contributed by atoms with E-state index in [0.29, 0.717) is 27.1 Å². The first-order chi connectivity index (χ1) is 18.5. The Bertz CT molecular complexity index is 838. The molecule has 42 heavy (non-hydrogen) atoms. The van der Waals surface area contributed by atoms with Crippen molar-refractivity contribution in [3.63, 3.8) is 0 Å². The van der Waals surface area contributed by atoms with Gasteiger partial charge < -0.3 is 14.9 Å². The zero-order valence-corrected chi connectivity index (χ0v) is 34.0. The van der Waals surface area contributed by atoms with E-state index >= 15 is 0 Å². The molecule has 0 saturated heterocycles. The minimum atomic E-state index is -0.826. The Kier molecular flexibility index (Phi) is 11.9. The van der Waals surface area contributed by atoms with Gasteiger partial charge in [0.1, 0.15) is 0 Å². The van der Waals surface area contributed by atoms with E-state index in [1.807, 2.05) is 0 Å². The first-order valence-corrected chi connectivity index (χ1v) is 23.8. The van der Waals surface area contributed by atoms with Crippen LogP contribution in [-0.4, -0.2) is 0 Å². The summed E-state index contributed by atoms with van der Waals surface area (Å²) in [4.78, 5) is 0. The Balaban J connectivity index is 0.000000930. The Morgan fingerprint density at radius 1 is 0.524 bits per heavy atom. The standard InChI is InChI=1S/C37H64.2CH3.2ClH.Zr/c1-33(2)15-17-35(5,6)30-21-26-24(19-28(30)33)25-20-29-31(36(7,8)18-16-34(29,3)4)22-27(25)32(26)37(9,10)23-13-11-12-14-23;;;;;/h23-32H,11-22H2,1-10H3;2*1H3;2*1H;/q;2*-1;;;+4/p-2. The molecule has 0 aromatic carbocycles. The number of rotatable bonds is 2. The van der Waals surface area contributed by atoms with Crippen LogP contribution in [0.2, 0.25) is 0 Å². The summed E-state index contributed by atoms with van der Waals surface area (Å²) in [7, 11) is 9.87. The fraction of sp³-hybridized carbons (Fsp3) is 0.949. The quantitative estimate of drug-likeness (QED) is 0.252. The van der Waals surface area contributed by atoms with Gasteiger partial charge in [-0.1, -0.05) is 82.1 Å². The second-order valence-corrected chi connectivity index (χ2v) is 23.1. The average molecular weight is 701 g/mol. The van der Waals surface area contributed by atoms with Crippen molar-refractivity contribution in [2.24, 2.45) is 86.3 Å². The van der Waals surface area contributed by atoms with Crippen LogP contribution < -0.4 is 0 Å². The Morgan fingerprint density at radius 3 is 1.07 bits per heavy atom. The van der Waals surface area contributed by atoms with Crippen molar-refractivity contribution in [2.45, 2.75) is 146 Å². The van der Waals surface area contributed by atoms with Crippen LogP contribution in [0.1, 0.15) is 146 Å². The van der Waals surface area contributed by atoms with Gasteiger partial charge in [-0.2, -0.15) is 0 Å². The van der Waals surface area contributed by atoms with Gasteiger partial charge in [0, 0.05) is 0 Å². The van der Waals surface area contributed by atoms with E-state index in [1.165, 1.54) is 51.4 Å². The number of halogens is 2. The summed E-state index contributed by atoms with van der Waals surface area (Å²) in [5.74, 6) is 9.84. The molecule has 0 radical (unpaired) electrons. The molecule has 6 fully saturated rings. The van der Waals surface area contributed by atoms with E-state index in [0.717, 1.165) is 59.2 Å². The minimum absolute atomic E-state index is 0. The van der Waals surface area contributed by atoms with Crippen molar-refractivity contribution in [1.82, 2.24) is 0 Å². The predicted octanol–water partition coefficient (Wildman–Crippen LogP) is 13.3. The number of fused-ring (bicyclic) bond motifs is 5. The summed E-state index contributed by atoms with van der Waals surface area (Å²) in [6.07, 6.45) is 18.1. The molecular formula is C39H70Cl2Zr. The van der Waals surface area contributed by atoms with Crippen LogP contribution in [0.5, 0.6) is 0 Å². The molecule has 3 heteroatoms. The SMILES string of the molecule is CC1(C)CCC(C)(C)C2CC3C(CC21)C1CC2C(CC1C3C(C)(C)C1CCCC1)C(C)(C)CCC2(C)C.[CH3-].[CH3-].[Cl][Zr+2][Cl]. The van der Waals surface area contributed by atoms with Gasteiger partial charge in [-0.3, -0.25) is 0 Å². The third kappa shape index (κ3) is 6.47. The molecule has 0 aromatic rings. The van der Waals surface area contributed by atoms with E-state index in [-0.39, 0.29) is 14.9 Å². The molecule has 0 heterocycles. The Labute approximate surface area is 283 Å². The molecule has 6 rings (SSSR count). The van der Waals surface area contributed by atoms with E-state index in [2.05, 4.69) is 69.2 Å². The average Bonchev–Trinajstić information content (AvgIpc) is 3.51. The van der Waals surface area contributed by atoms with Gasteiger partial charge in [0.25, 0.3) is 0 Å². The summed E-state index contributed by atoms with van der Waals surface area (Å²) in [6.45, 7) is 26.9. The molecule has 0 aliphatic heterocycles. The first kappa shape index (κ1) is 37.9. The zero-order valence-electron chi connectivity index (χ0n) is 30.0. The van der Waals surface area contributed by atoms with Crippen molar-refractivity contribution < 1.29 is 20.8 Å². The van der Waals surface area contributed by atoms with Crippen LogP contribution >= 0.6 is 17.0 Å². The van der Waals surface area contributed by atoms with Gasteiger partial charge in [0.05, 0.1) is 0 Å². The van der Waals surface area contributed by atoms with Crippen LogP contribution in [0.4, 0.5) is 0 Å². The molecule has 0 spiro atoms. The van der Waals surface area contributed by atoms with E-state index in [1.54, 1.807) is 25.7 Å². The summed E-state index contributed by atoms with van der Waals surface area (Å²) in [5.41, 5.74) is 2.70. The molecular weight excluding hydrogens is 631 g/mol. The molecule has 6 aliphatic rings. The summed E-state index contributed by atoms with van der Waals surface area (Å²) < 4.78 is 0. The molecule has 8 unspecified atom stereocenters. The van der Waals surface area contributed by atoms with Gasteiger partial charge in [-0.15, -0.1) is 0 Å². The Morgan fingerprint density at radius 2 is 0.786 bits per heavy atom. The molecule has 0 N–H and O–H groups in total. The van der Waals surface area contributed by atoms with Crippen molar-refractivity contribution >= 4 is 17.0 Å². The van der Waals surface area contributed by atoms with Crippen LogP contribution in [0.25, 0.3) is 0 Å². The van der Waals surface area contributed by atoms with Crippen molar-refractivity contribution in [2.75, 3.05) is 0 Å². The van der Waals surface area contributed by atoms with Gasteiger partial charge >= 0.3 is 37.9 Å². The normalized spacial score (nSPS) is 42.5. The molecule has 6 saturated carbocycles. The number of hydrogen-bond acceptors (Lipinski definition) is 0. The molecule has 244 valence electrons. The summed E-state index contributed by atoms with van der Waals surface area (Å²) in [6, 6.07) is 0. The molecule has 0 bridgehead atoms. The summed E-state index contributed by atoms with van der Waals surface area (Å²) >= 11 is -0.826. The molecule has 0 aromatic heterocycles. The third-order valence-electron chi connectivity index (χ3n) is 15.8. The zero-order chi connectivity index (χ0) is 29.5. The topological polar surface area (TPSA) is 0 Å². The fourth-order valence-electron chi connectivity index (χ4n) is 13.2. The third-order valence-corrected chi connectivity index (χ3v) is 15.8. The number of hydrogen-bond donors (Lipinski definition) is 0. The monoisotopic (exact) mass is 698 g/mol.